The van der Waals surface area contributed by atoms with E-state index in [1.54, 1.807) is 12.1 Å². The van der Waals surface area contributed by atoms with Crippen molar-refractivity contribution in [3.63, 3.8) is 0 Å². The molecule has 1 heterocycles. The van der Waals surface area contributed by atoms with Crippen molar-refractivity contribution in [1.29, 1.82) is 0 Å². The van der Waals surface area contributed by atoms with Crippen LogP contribution in [0.1, 0.15) is 55.3 Å². The molecule has 29 heavy (non-hydrogen) atoms. The van der Waals surface area contributed by atoms with Gasteiger partial charge in [-0.25, -0.2) is 4.39 Å². The number of carbonyl (C=O) groups is 1. The lowest BCUT2D eigenvalue weighted by Gasteiger charge is -2.48. The van der Waals surface area contributed by atoms with Crippen LogP contribution in [-0.2, 0) is 0 Å². The number of anilines is 1. The van der Waals surface area contributed by atoms with Gasteiger partial charge in [0, 0.05) is 36.3 Å². The summed E-state index contributed by atoms with van der Waals surface area (Å²) in [6.07, 6.45) is 7.75. The highest BCUT2D eigenvalue weighted by atomic mass is 19.1. The molecule has 0 spiro atoms. The van der Waals surface area contributed by atoms with Crippen LogP contribution in [-0.4, -0.2) is 35.9 Å². The molecule has 4 rings (SSSR count). The first-order chi connectivity index (χ1) is 14.2. The minimum Gasteiger partial charge on any atom is -0.382 e. The number of likely N-dealkylation sites (tertiary alicyclic amines) is 1. The molecule has 3 nitrogen and oxygen atoms in total. The monoisotopic (exact) mass is 394 g/mol. The molecule has 0 bridgehead atoms. The first kappa shape index (κ1) is 20.1. The van der Waals surface area contributed by atoms with Gasteiger partial charge < -0.3 is 5.32 Å². The Morgan fingerprint density at radius 2 is 1.76 bits per heavy atom. The zero-order valence-corrected chi connectivity index (χ0v) is 17.0. The molecule has 0 amide bonds. The van der Waals surface area contributed by atoms with Crippen LogP contribution in [0.5, 0.6) is 0 Å². The summed E-state index contributed by atoms with van der Waals surface area (Å²) in [5.74, 6) is 0.508. The zero-order chi connectivity index (χ0) is 20.1. The number of carbonyl (C=O) groups excluding carboxylic acids is 1. The Hall–Kier alpha value is -2.20. The zero-order valence-electron chi connectivity index (χ0n) is 17.0. The van der Waals surface area contributed by atoms with Crippen molar-refractivity contribution in [2.24, 2.45) is 5.92 Å². The van der Waals surface area contributed by atoms with Crippen LogP contribution in [0.4, 0.5) is 10.1 Å². The fourth-order valence-corrected chi connectivity index (χ4v) is 5.18. The quantitative estimate of drug-likeness (QED) is 0.626. The van der Waals surface area contributed by atoms with E-state index < -0.39 is 0 Å². The van der Waals surface area contributed by atoms with E-state index in [0.717, 1.165) is 25.9 Å². The molecule has 1 saturated carbocycles. The molecule has 1 aliphatic carbocycles. The normalized spacial score (nSPS) is 24.7. The second-order valence-electron chi connectivity index (χ2n) is 8.49. The first-order valence-corrected chi connectivity index (χ1v) is 11.0. The lowest BCUT2D eigenvalue weighted by atomic mass is 9.75. The van der Waals surface area contributed by atoms with E-state index in [-0.39, 0.29) is 11.6 Å². The van der Waals surface area contributed by atoms with Gasteiger partial charge in [0.25, 0.3) is 0 Å². The number of hydrogen-bond donors (Lipinski definition) is 1. The van der Waals surface area contributed by atoms with Gasteiger partial charge in [0.2, 0.25) is 0 Å². The van der Waals surface area contributed by atoms with Gasteiger partial charge in [0.05, 0.1) is 0 Å². The molecular weight excluding hydrogens is 363 g/mol. The Morgan fingerprint density at radius 1 is 1.00 bits per heavy atom. The minimum atomic E-state index is -0.295. The van der Waals surface area contributed by atoms with E-state index in [4.69, 9.17) is 0 Å². The van der Waals surface area contributed by atoms with Crippen molar-refractivity contribution in [2.75, 3.05) is 18.4 Å². The van der Waals surface area contributed by atoms with E-state index in [1.807, 2.05) is 0 Å². The van der Waals surface area contributed by atoms with Gasteiger partial charge in [0.15, 0.2) is 5.78 Å². The molecule has 4 heteroatoms. The summed E-state index contributed by atoms with van der Waals surface area (Å²) in [5, 5.41) is 3.79. The molecule has 0 radical (unpaired) electrons. The predicted octanol–water partition coefficient (Wildman–Crippen LogP) is 5.53. The Morgan fingerprint density at radius 3 is 2.55 bits per heavy atom. The Labute approximate surface area is 173 Å². The number of para-hydroxylation sites is 1. The SMILES string of the molecule is O=C(CCCN1CCC(Nc2ccccc2)C2CCCCC21)c1ccc(F)cc1. The molecule has 3 unspecified atom stereocenters. The first-order valence-electron chi connectivity index (χ1n) is 11.0. The molecule has 3 atom stereocenters. The number of nitrogens with one attached hydrogen (secondary N) is 1. The van der Waals surface area contributed by atoms with Crippen LogP contribution in [0.15, 0.2) is 54.6 Å². The number of fused-ring (bicyclic) bond motifs is 1. The molecule has 2 aromatic rings. The van der Waals surface area contributed by atoms with Gasteiger partial charge in [0.1, 0.15) is 5.82 Å². The average molecular weight is 395 g/mol. The molecule has 0 aromatic heterocycles. The fourth-order valence-electron chi connectivity index (χ4n) is 5.18. The van der Waals surface area contributed by atoms with Crippen molar-refractivity contribution >= 4 is 11.5 Å². The summed E-state index contributed by atoms with van der Waals surface area (Å²) in [6.45, 7) is 2.07. The molecule has 2 aliphatic rings. The third kappa shape index (κ3) is 5.05. The summed E-state index contributed by atoms with van der Waals surface area (Å²) in [5.41, 5.74) is 1.84. The lowest BCUT2D eigenvalue weighted by Crippen LogP contribution is -2.54. The predicted molar refractivity (Wildman–Crippen MR) is 116 cm³/mol. The van der Waals surface area contributed by atoms with Crippen LogP contribution >= 0.6 is 0 Å². The van der Waals surface area contributed by atoms with Gasteiger partial charge in [-0.05, 0) is 74.5 Å². The number of benzene rings is 2. The number of nitrogens with zero attached hydrogens (tertiary/aromatic N) is 1. The smallest absolute Gasteiger partial charge is 0.162 e. The van der Waals surface area contributed by atoms with E-state index in [0.29, 0.717) is 30.0 Å². The van der Waals surface area contributed by atoms with Gasteiger partial charge in [-0.1, -0.05) is 31.0 Å². The summed E-state index contributed by atoms with van der Waals surface area (Å²) < 4.78 is 13.0. The fraction of sp³-hybridized carbons (Fsp3) is 0.480. The summed E-state index contributed by atoms with van der Waals surface area (Å²) in [6, 6.07) is 17.6. The van der Waals surface area contributed by atoms with Gasteiger partial charge >= 0.3 is 0 Å². The maximum Gasteiger partial charge on any atom is 0.162 e. The topological polar surface area (TPSA) is 32.3 Å². The van der Waals surface area contributed by atoms with Crippen LogP contribution in [0, 0.1) is 11.7 Å². The number of piperidine rings is 1. The average Bonchev–Trinajstić information content (AvgIpc) is 2.76. The Bertz CT molecular complexity index is 792. The van der Waals surface area contributed by atoms with Crippen LogP contribution in [0.25, 0.3) is 0 Å². The van der Waals surface area contributed by atoms with E-state index in [2.05, 4.69) is 40.5 Å². The molecule has 154 valence electrons. The van der Waals surface area contributed by atoms with Crippen molar-refractivity contribution < 1.29 is 9.18 Å². The second kappa shape index (κ2) is 9.53. The number of ketones is 1. The van der Waals surface area contributed by atoms with Gasteiger partial charge in [-0.2, -0.15) is 0 Å². The van der Waals surface area contributed by atoms with Crippen molar-refractivity contribution in [3.05, 3.63) is 66.0 Å². The molecule has 1 aliphatic heterocycles. The standard InChI is InChI=1S/C25H31FN2O/c26-20-14-12-19(13-15-20)25(29)11-6-17-28-18-16-23(22-9-4-5-10-24(22)28)27-21-7-2-1-3-8-21/h1-3,7-8,12-15,22-24,27H,4-6,9-11,16-18H2. The summed E-state index contributed by atoms with van der Waals surface area (Å²) >= 11 is 0. The van der Waals surface area contributed by atoms with Crippen LogP contribution in [0.3, 0.4) is 0 Å². The van der Waals surface area contributed by atoms with Gasteiger partial charge in [-0.15, -0.1) is 0 Å². The second-order valence-corrected chi connectivity index (χ2v) is 8.49. The molecule has 2 aromatic carbocycles. The summed E-state index contributed by atoms with van der Waals surface area (Å²) in [7, 11) is 0. The molecule has 1 saturated heterocycles. The number of Topliss-reactive ketones (excluding diaryl/α,β-unsaturated/α-hetero) is 1. The highest BCUT2D eigenvalue weighted by molar-refractivity contribution is 5.95. The van der Waals surface area contributed by atoms with Crippen LogP contribution < -0.4 is 5.32 Å². The lowest BCUT2D eigenvalue weighted by molar-refractivity contribution is 0.0504. The Kier molecular flexibility index (Phi) is 6.60. The Balaban J connectivity index is 1.32. The molecule has 1 N–H and O–H groups in total. The highest BCUT2D eigenvalue weighted by Gasteiger charge is 2.39. The highest BCUT2D eigenvalue weighted by Crippen LogP contribution is 2.37. The van der Waals surface area contributed by atoms with Gasteiger partial charge in [-0.3, -0.25) is 9.69 Å². The maximum absolute atomic E-state index is 13.0. The minimum absolute atomic E-state index is 0.117. The van der Waals surface area contributed by atoms with E-state index >= 15 is 0 Å². The summed E-state index contributed by atoms with van der Waals surface area (Å²) in [4.78, 5) is 15.0. The van der Waals surface area contributed by atoms with Crippen molar-refractivity contribution in [2.45, 2.75) is 57.0 Å². The van der Waals surface area contributed by atoms with E-state index in [9.17, 15) is 9.18 Å². The molecule has 2 fully saturated rings. The number of rotatable bonds is 7. The number of hydrogen-bond acceptors (Lipinski definition) is 3. The number of halogens is 1. The van der Waals surface area contributed by atoms with Crippen molar-refractivity contribution in [1.82, 2.24) is 4.90 Å². The molecular formula is C25H31FN2O. The third-order valence-corrected chi connectivity index (χ3v) is 6.64. The maximum atomic E-state index is 13.0. The van der Waals surface area contributed by atoms with Crippen molar-refractivity contribution in [3.8, 4) is 0 Å². The van der Waals surface area contributed by atoms with E-state index in [1.165, 1.54) is 43.5 Å². The largest absolute Gasteiger partial charge is 0.382 e. The van der Waals surface area contributed by atoms with Crippen LogP contribution in [0.2, 0.25) is 0 Å². The third-order valence-electron chi connectivity index (χ3n) is 6.64.